The first-order valence-corrected chi connectivity index (χ1v) is 7.96. The summed E-state index contributed by atoms with van der Waals surface area (Å²) in [6.07, 6.45) is 6.97. The summed E-state index contributed by atoms with van der Waals surface area (Å²) in [5, 5.41) is 6.27. The minimum Gasteiger partial charge on any atom is -0.384 e. The van der Waals surface area contributed by atoms with Gasteiger partial charge in [0.05, 0.1) is 11.3 Å². The van der Waals surface area contributed by atoms with E-state index in [9.17, 15) is 4.79 Å². The van der Waals surface area contributed by atoms with E-state index >= 15 is 0 Å². The molecular weight excluding hydrogens is 264 g/mol. The Labute approximate surface area is 127 Å². The highest BCUT2D eigenvalue weighted by Crippen LogP contribution is 2.25. The molecule has 1 saturated carbocycles. The summed E-state index contributed by atoms with van der Waals surface area (Å²) >= 11 is 0. The van der Waals surface area contributed by atoms with Crippen molar-refractivity contribution in [3.05, 3.63) is 24.0 Å². The number of rotatable bonds is 9. The Kier molecular flexibility index (Phi) is 5.99. The van der Waals surface area contributed by atoms with Crippen molar-refractivity contribution in [2.45, 2.75) is 39.2 Å². The summed E-state index contributed by atoms with van der Waals surface area (Å²) in [6, 6.07) is 2.60. The van der Waals surface area contributed by atoms with E-state index < -0.39 is 0 Å². The van der Waals surface area contributed by atoms with Crippen molar-refractivity contribution in [2.24, 2.45) is 0 Å². The van der Waals surface area contributed by atoms with Crippen LogP contribution in [0.2, 0.25) is 0 Å². The number of carbonyl (C=O) groups excluding carboxylic acids is 1. The van der Waals surface area contributed by atoms with Crippen molar-refractivity contribution in [3.63, 3.8) is 0 Å². The van der Waals surface area contributed by atoms with Gasteiger partial charge in [0.2, 0.25) is 0 Å². The smallest absolute Gasteiger partial charge is 0.254 e. The topological polar surface area (TPSA) is 57.3 Å². The van der Waals surface area contributed by atoms with E-state index in [1.54, 1.807) is 12.4 Å². The Morgan fingerprint density at radius 3 is 2.86 bits per heavy atom. The third-order valence-corrected chi connectivity index (χ3v) is 3.79. The Bertz CT molecular complexity index is 459. The van der Waals surface area contributed by atoms with Gasteiger partial charge in [-0.15, -0.1) is 0 Å². The number of likely N-dealkylation sites (N-methyl/N-ethyl adjacent to an activating group) is 1. The fraction of sp³-hybridized carbons (Fsp3) is 0.625. The number of nitrogens with one attached hydrogen (secondary N) is 2. The first kappa shape index (κ1) is 15.8. The van der Waals surface area contributed by atoms with Crippen LogP contribution in [0, 0.1) is 0 Å². The van der Waals surface area contributed by atoms with Crippen LogP contribution < -0.4 is 10.6 Å². The van der Waals surface area contributed by atoms with Gasteiger partial charge < -0.3 is 10.6 Å². The van der Waals surface area contributed by atoms with Crippen LogP contribution in [0.25, 0.3) is 0 Å². The Hall–Kier alpha value is -1.62. The Morgan fingerprint density at radius 1 is 1.38 bits per heavy atom. The number of hydrogen-bond acceptors (Lipinski definition) is 4. The van der Waals surface area contributed by atoms with Crippen LogP contribution in [0.1, 0.15) is 43.5 Å². The molecule has 116 valence electrons. The van der Waals surface area contributed by atoms with Crippen molar-refractivity contribution in [3.8, 4) is 0 Å². The second kappa shape index (κ2) is 7.98. The number of anilines is 1. The normalized spacial score (nSPS) is 14.2. The van der Waals surface area contributed by atoms with Crippen LogP contribution >= 0.6 is 0 Å². The predicted octanol–water partition coefficient (Wildman–Crippen LogP) is 2.12. The molecule has 5 nitrogen and oxygen atoms in total. The van der Waals surface area contributed by atoms with Crippen LogP contribution in [0.4, 0.5) is 5.69 Å². The molecule has 0 saturated heterocycles. The molecule has 5 heteroatoms. The molecule has 1 aromatic rings. The quantitative estimate of drug-likeness (QED) is 0.731. The predicted molar refractivity (Wildman–Crippen MR) is 85.6 cm³/mol. The Balaban J connectivity index is 1.84. The molecule has 0 aliphatic heterocycles. The van der Waals surface area contributed by atoms with Crippen LogP contribution in [0.15, 0.2) is 18.5 Å². The van der Waals surface area contributed by atoms with Crippen LogP contribution in [-0.4, -0.2) is 48.0 Å². The van der Waals surface area contributed by atoms with Crippen molar-refractivity contribution in [1.82, 2.24) is 15.2 Å². The number of carbonyl (C=O) groups is 1. The molecule has 1 aliphatic carbocycles. The molecule has 0 atom stereocenters. The molecule has 1 amide bonds. The fourth-order valence-corrected chi connectivity index (χ4v) is 2.44. The molecule has 0 aromatic carbocycles. The first-order valence-electron chi connectivity index (χ1n) is 7.96. The Morgan fingerprint density at radius 2 is 2.19 bits per heavy atom. The number of hydrogen-bond donors (Lipinski definition) is 2. The van der Waals surface area contributed by atoms with Gasteiger partial charge in [0.15, 0.2) is 0 Å². The van der Waals surface area contributed by atoms with Crippen molar-refractivity contribution >= 4 is 11.6 Å². The van der Waals surface area contributed by atoms with E-state index in [1.165, 1.54) is 12.8 Å². The van der Waals surface area contributed by atoms with E-state index in [1.807, 2.05) is 6.07 Å². The zero-order valence-electron chi connectivity index (χ0n) is 13.1. The molecule has 0 bridgehead atoms. The number of amides is 1. The van der Waals surface area contributed by atoms with Crippen LogP contribution in [0.3, 0.4) is 0 Å². The SMILES string of the molecule is CCCNc1ccncc1C(=O)NCCN(CC)C1CC1. The molecule has 2 rings (SSSR count). The number of pyridine rings is 1. The van der Waals surface area contributed by atoms with Crippen molar-refractivity contribution in [1.29, 1.82) is 0 Å². The molecule has 21 heavy (non-hydrogen) atoms. The zero-order chi connectivity index (χ0) is 15.1. The average Bonchev–Trinajstić information content (AvgIpc) is 3.34. The minimum absolute atomic E-state index is 0.0476. The van der Waals surface area contributed by atoms with Gasteiger partial charge in [0.1, 0.15) is 0 Å². The van der Waals surface area contributed by atoms with Crippen molar-refractivity contribution in [2.75, 3.05) is 31.5 Å². The lowest BCUT2D eigenvalue weighted by atomic mass is 10.2. The van der Waals surface area contributed by atoms with Crippen LogP contribution in [0.5, 0.6) is 0 Å². The monoisotopic (exact) mass is 290 g/mol. The van der Waals surface area contributed by atoms with Gasteiger partial charge in [-0.2, -0.15) is 0 Å². The highest BCUT2D eigenvalue weighted by molar-refractivity contribution is 5.99. The molecule has 0 spiro atoms. The molecule has 0 radical (unpaired) electrons. The summed E-state index contributed by atoms with van der Waals surface area (Å²) in [4.78, 5) is 18.8. The van der Waals surface area contributed by atoms with E-state index in [0.717, 1.165) is 37.8 Å². The van der Waals surface area contributed by atoms with Gasteiger partial charge in [0.25, 0.3) is 5.91 Å². The third kappa shape index (κ3) is 4.70. The summed E-state index contributed by atoms with van der Waals surface area (Å²) in [6.45, 7) is 7.79. The standard InChI is InChI=1S/C16H26N4O/c1-3-8-18-15-7-9-17-12-14(15)16(21)19-10-11-20(4-2)13-5-6-13/h7,9,12-13H,3-6,8,10-11H2,1-2H3,(H,17,18)(H,19,21). The van der Waals surface area contributed by atoms with Gasteiger partial charge in [0, 0.05) is 38.1 Å². The largest absolute Gasteiger partial charge is 0.384 e. The lowest BCUT2D eigenvalue weighted by molar-refractivity contribution is 0.0948. The van der Waals surface area contributed by atoms with E-state index in [2.05, 4.69) is 34.4 Å². The van der Waals surface area contributed by atoms with E-state index in [4.69, 9.17) is 0 Å². The van der Waals surface area contributed by atoms with E-state index in [0.29, 0.717) is 12.1 Å². The van der Waals surface area contributed by atoms with E-state index in [-0.39, 0.29) is 5.91 Å². The second-order valence-corrected chi connectivity index (χ2v) is 5.46. The van der Waals surface area contributed by atoms with Gasteiger partial charge in [-0.05, 0) is 31.9 Å². The first-order chi connectivity index (χ1) is 10.3. The molecular formula is C16H26N4O. The highest BCUT2D eigenvalue weighted by Gasteiger charge is 2.27. The lowest BCUT2D eigenvalue weighted by Gasteiger charge is -2.20. The molecule has 0 unspecified atom stereocenters. The van der Waals surface area contributed by atoms with Crippen molar-refractivity contribution < 1.29 is 4.79 Å². The summed E-state index contributed by atoms with van der Waals surface area (Å²) in [5.74, 6) is -0.0476. The lowest BCUT2D eigenvalue weighted by Crippen LogP contribution is -2.36. The van der Waals surface area contributed by atoms with Gasteiger partial charge in [-0.3, -0.25) is 14.7 Å². The summed E-state index contributed by atoms with van der Waals surface area (Å²) < 4.78 is 0. The maximum Gasteiger partial charge on any atom is 0.254 e. The van der Waals surface area contributed by atoms with Gasteiger partial charge in [-0.25, -0.2) is 0 Å². The molecule has 1 heterocycles. The molecule has 1 aromatic heterocycles. The van der Waals surface area contributed by atoms with Gasteiger partial charge in [-0.1, -0.05) is 13.8 Å². The molecule has 1 fully saturated rings. The zero-order valence-corrected chi connectivity index (χ0v) is 13.1. The number of nitrogens with zero attached hydrogens (tertiary/aromatic N) is 2. The summed E-state index contributed by atoms with van der Waals surface area (Å²) in [5.41, 5.74) is 1.49. The molecule has 2 N–H and O–H groups in total. The maximum absolute atomic E-state index is 12.3. The molecule has 1 aliphatic rings. The van der Waals surface area contributed by atoms with Crippen LogP contribution in [-0.2, 0) is 0 Å². The second-order valence-electron chi connectivity index (χ2n) is 5.46. The van der Waals surface area contributed by atoms with Gasteiger partial charge >= 0.3 is 0 Å². The highest BCUT2D eigenvalue weighted by atomic mass is 16.1. The fourth-order valence-electron chi connectivity index (χ4n) is 2.44. The third-order valence-electron chi connectivity index (χ3n) is 3.79. The summed E-state index contributed by atoms with van der Waals surface area (Å²) in [7, 11) is 0. The number of aromatic nitrogens is 1. The maximum atomic E-state index is 12.3. The minimum atomic E-state index is -0.0476. The average molecular weight is 290 g/mol.